The maximum absolute atomic E-state index is 13.3. The molecule has 0 radical (unpaired) electrons. The van der Waals surface area contributed by atoms with Crippen molar-refractivity contribution in [3.8, 4) is 0 Å². The lowest BCUT2D eigenvalue weighted by atomic mass is 10.1. The lowest BCUT2D eigenvalue weighted by Gasteiger charge is -2.27. The Labute approximate surface area is 144 Å². The summed E-state index contributed by atoms with van der Waals surface area (Å²) in [7, 11) is -4.15. The monoisotopic (exact) mass is 366 g/mol. The summed E-state index contributed by atoms with van der Waals surface area (Å²) in [5, 5.41) is 0. The number of carbonyl (C=O) groups excluding carboxylic acids is 1. The van der Waals surface area contributed by atoms with Crippen molar-refractivity contribution in [1.29, 1.82) is 0 Å². The number of sulfonamides is 1. The highest BCUT2D eigenvalue weighted by Crippen LogP contribution is 2.25. The second-order valence-corrected chi connectivity index (χ2v) is 7.45. The van der Waals surface area contributed by atoms with Crippen LogP contribution in [0.3, 0.4) is 0 Å². The van der Waals surface area contributed by atoms with Crippen molar-refractivity contribution in [3.05, 3.63) is 54.1 Å². The van der Waals surface area contributed by atoms with E-state index in [2.05, 4.69) is 4.72 Å². The molecule has 0 aromatic heterocycles. The molecule has 132 valence electrons. The number of amides is 1. The highest BCUT2D eigenvalue weighted by molar-refractivity contribution is 7.92. The van der Waals surface area contributed by atoms with Crippen molar-refractivity contribution in [2.24, 2.45) is 0 Å². The number of nitrogens with zero attached hydrogens (tertiary/aromatic N) is 1. The van der Waals surface area contributed by atoms with Gasteiger partial charge in [0.2, 0.25) is 5.91 Å². The van der Waals surface area contributed by atoms with Crippen LogP contribution in [0.5, 0.6) is 0 Å². The minimum atomic E-state index is -4.15. The van der Waals surface area contributed by atoms with E-state index in [-0.39, 0.29) is 11.6 Å². The van der Waals surface area contributed by atoms with Gasteiger partial charge < -0.3 is 4.90 Å². The van der Waals surface area contributed by atoms with Crippen LogP contribution in [0.15, 0.2) is 47.4 Å². The van der Waals surface area contributed by atoms with Crippen LogP contribution in [0.2, 0.25) is 0 Å². The van der Waals surface area contributed by atoms with Gasteiger partial charge in [-0.3, -0.25) is 9.52 Å². The van der Waals surface area contributed by atoms with Crippen molar-refractivity contribution in [2.75, 3.05) is 16.2 Å². The molecule has 0 unspecified atom stereocenters. The molecule has 8 heteroatoms. The van der Waals surface area contributed by atoms with E-state index in [0.717, 1.165) is 25.0 Å². The van der Waals surface area contributed by atoms with E-state index >= 15 is 0 Å². The van der Waals surface area contributed by atoms with Crippen LogP contribution in [0.1, 0.15) is 19.3 Å². The van der Waals surface area contributed by atoms with Gasteiger partial charge in [-0.15, -0.1) is 0 Å². The summed E-state index contributed by atoms with van der Waals surface area (Å²) >= 11 is 0. The van der Waals surface area contributed by atoms with Gasteiger partial charge in [-0.1, -0.05) is 6.07 Å². The number of hydrogen-bond donors (Lipinski definition) is 1. The first-order valence-electron chi connectivity index (χ1n) is 7.74. The van der Waals surface area contributed by atoms with E-state index < -0.39 is 26.6 Å². The fraction of sp³-hybridized carbons (Fsp3) is 0.235. The number of nitrogens with one attached hydrogen (secondary N) is 1. The number of piperidine rings is 1. The number of halogens is 2. The molecule has 1 amide bonds. The van der Waals surface area contributed by atoms with Crippen LogP contribution in [0.4, 0.5) is 20.2 Å². The van der Waals surface area contributed by atoms with Crippen molar-refractivity contribution < 1.29 is 22.0 Å². The first-order valence-corrected chi connectivity index (χ1v) is 9.23. The average Bonchev–Trinajstić information content (AvgIpc) is 2.54. The van der Waals surface area contributed by atoms with E-state index in [4.69, 9.17) is 0 Å². The number of anilines is 2. The van der Waals surface area contributed by atoms with Crippen LogP contribution in [0, 0.1) is 11.6 Å². The smallest absolute Gasteiger partial charge is 0.262 e. The summed E-state index contributed by atoms with van der Waals surface area (Å²) in [6, 6.07) is 8.43. The van der Waals surface area contributed by atoms with Crippen LogP contribution >= 0.6 is 0 Å². The summed E-state index contributed by atoms with van der Waals surface area (Å²) in [6.07, 6.45) is 2.18. The summed E-state index contributed by atoms with van der Waals surface area (Å²) in [4.78, 5) is 13.1. The van der Waals surface area contributed by atoms with Crippen molar-refractivity contribution >= 4 is 27.3 Å². The minimum Gasteiger partial charge on any atom is -0.312 e. The van der Waals surface area contributed by atoms with Gasteiger partial charge in [0.25, 0.3) is 10.0 Å². The summed E-state index contributed by atoms with van der Waals surface area (Å²) in [5.74, 6) is -1.97. The molecule has 0 bridgehead atoms. The van der Waals surface area contributed by atoms with Gasteiger partial charge in [-0.05, 0) is 43.2 Å². The molecule has 3 rings (SSSR count). The van der Waals surface area contributed by atoms with Gasteiger partial charge in [-0.25, -0.2) is 17.2 Å². The second-order valence-electron chi connectivity index (χ2n) is 5.76. The van der Waals surface area contributed by atoms with Gasteiger partial charge in [-0.2, -0.15) is 0 Å². The van der Waals surface area contributed by atoms with Gasteiger partial charge >= 0.3 is 0 Å². The zero-order valence-electron chi connectivity index (χ0n) is 13.2. The zero-order chi connectivity index (χ0) is 18.0. The molecule has 1 fully saturated rings. The molecule has 5 nitrogen and oxygen atoms in total. The largest absolute Gasteiger partial charge is 0.312 e. The predicted octanol–water partition coefficient (Wildman–Crippen LogP) is 3.28. The Kier molecular flexibility index (Phi) is 4.71. The summed E-state index contributed by atoms with van der Waals surface area (Å²) in [6.45, 7) is 0.574. The minimum absolute atomic E-state index is 0.0153. The molecule has 0 aliphatic carbocycles. The fourth-order valence-corrected chi connectivity index (χ4v) is 3.80. The Morgan fingerprint density at radius 1 is 1.00 bits per heavy atom. The van der Waals surface area contributed by atoms with Gasteiger partial charge in [0, 0.05) is 24.7 Å². The van der Waals surface area contributed by atoms with Gasteiger partial charge in [0.1, 0.15) is 11.6 Å². The molecule has 2 aromatic carbocycles. The Hall–Kier alpha value is -2.48. The van der Waals surface area contributed by atoms with Crippen LogP contribution < -0.4 is 9.62 Å². The van der Waals surface area contributed by atoms with Gasteiger partial charge in [0.05, 0.1) is 10.6 Å². The van der Waals surface area contributed by atoms with Crippen molar-refractivity contribution in [2.45, 2.75) is 24.2 Å². The maximum atomic E-state index is 13.3. The Morgan fingerprint density at radius 2 is 1.72 bits per heavy atom. The first kappa shape index (κ1) is 17.3. The third kappa shape index (κ3) is 3.96. The maximum Gasteiger partial charge on any atom is 0.262 e. The van der Waals surface area contributed by atoms with E-state index in [0.29, 0.717) is 24.7 Å². The third-order valence-electron chi connectivity index (χ3n) is 3.88. The molecule has 0 saturated carbocycles. The summed E-state index contributed by atoms with van der Waals surface area (Å²) in [5.41, 5.74) is 0.788. The lowest BCUT2D eigenvalue weighted by molar-refractivity contribution is -0.119. The van der Waals surface area contributed by atoms with Crippen LogP contribution in [0.25, 0.3) is 0 Å². The Morgan fingerprint density at radius 3 is 2.40 bits per heavy atom. The first-order chi connectivity index (χ1) is 11.8. The normalized spacial score (nSPS) is 15.3. The molecule has 0 atom stereocenters. The molecule has 0 spiro atoms. The van der Waals surface area contributed by atoms with Crippen LogP contribution in [-0.4, -0.2) is 20.9 Å². The van der Waals surface area contributed by atoms with Crippen molar-refractivity contribution in [1.82, 2.24) is 0 Å². The highest BCUT2D eigenvalue weighted by atomic mass is 32.2. The number of carbonyl (C=O) groups is 1. The van der Waals surface area contributed by atoms with E-state index in [1.54, 1.807) is 17.0 Å². The van der Waals surface area contributed by atoms with E-state index in [9.17, 15) is 22.0 Å². The number of benzene rings is 2. The fourth-order valence-electron chi connectivity index (χ4n) is 2.71. The molecular weight excluding hydrogens is 350 g/mol. The molecule has 25 heavy (non-hydrogen) atoms. The zero-order valence-corrected chi connectivity index (χ0v) is 14.0. The SMILES string of the molecule is O=C1CCCCN1c1cccc(NS(=O)(=O)c2cc(F)cc(F)c2)c1. The standard InChI is InChI=1S/C17H16F2N2O3S/c18-12-8-13(19)10-16(9-12)25(23,24)20-14-4-3-5-15(11-14)21-7-2-1-6-17(21)22/h3-5,8-11,20H,1-2,6-7H2. The molecule has 1 aliphatic heterocycles. The van der Waals surface area contributed by atoms with Crippen molar-refractivity contribution in [3.63, 3.8) is 0 Å². The quantitative estimate of drug-likeness (QED) is 0.903. The predicted molar refractivity (Wildman–Crippen MR) is 89.8 cm³/mol. The molecule has 1 N–H and O–H groups in total. The Balaban J connectivity index is 1.87. The summed E-state index contributed by atoms with van der Waals surface area (Å²) < 4.78 is 53.5. The topological polar surface area (TPSA) is 66.5 Å². The molecule has 1 heterocycles. The van der Waals surface area contributed by atoms with E-state index in [1.807, 2.05) is 0 Å². The average molecular weight is 366 g/mol. The van der Waals surface area contributed by atoms with Crippen LogP contribution in [-0.2, 0) is 14.8 Å². The third-order valence-corrected chi connectivity index (χ3v) is 5.24. The highest BCUT2D eigenvalue weighted by Gasteiger charge is 2.21. The van der Waals surface area contributed by atoms with E-state index in [1.165, 1.54) is 12.1 Å². The number of hydrogen-bond acceptors (Lipinski definition) is 3. The number of rotatable bonds is 4. The molecule has 2 aromatic rings. The Bertz CT molecular complexity index is 896. The molecule has 1 saturated heterocycles. The molecule has 1 aliphatic rings. The molecular formula is C17H16F2N2O3S. The second kappa shape index (κ2) is 6.79. The van der Waals surface area contributed by atoms with Gasteiger partial charge in [0.15, 0.2) is 0 Å². The lowest BCUT2D eigenvalue weighted by Crippen LogP contribution is -2.35.